The first-order valence-corrected chi connectivity index (χ1v) is 12.1. The summed E-state index contributed by atoms with van der Waals surface area (Å²) < 4.78 is 32.6. The molecule has 2 aromatic rings. The van der Waals surface area contributed by atoms with Gasteiger partial charge in [0.15, 0.2) is 0 Å². The minimum Gasteiger partial charge on any atom is -0.423 e. The van der Waals surface area contributed by atoms with Gasteiger partial charge in [-0.05, 0) is 54.7 Å². The highest BCUT2D eigenvalue weighted by Gasteiger charge is 2.25. The molecule has 1 unspecified atom stereocenters. The maximum absolute atomic E-state index is 13.7. The van der Waals surface area contributed by atoms with Crippen LogP contribution < -0.4 is 4.74 Å². The Morgan fingerprint density at radius 1 is 1.09 bits per heavy atom. The van der Waals surface area contributed by atoms with Crippen LogP contribution in [0.15, 0.2) is 36.4 Å². The third kappa shape index (κ3) is 6.87. The second-order valence-electron chi connectivity index (χ2n) is 9.42. The molecule has 0 saturated heterocycles. The quantitative estimate of drug-likeness (QED) is 0.223. The minimum absolute atomic E-state index is 0.267. The smallest absolute Gasteiger partial charge is 0.343 e. The van der Waals surface area contributed by atoms with Gasteiger partial charge in [-0.2, -0.15) is 5.26 Å². The minimum atomic E-state index is -1.06. The van der Waals surface area contributed by atoms with E-state index in [1.165, 1.54) is 63.0 Å². The number of rotatable bonds is 9. The summed E-state index contributed by atoms with van der Waals surface area (Å²) in [7, 11) is 0. The van der Waals surface area contributed by atoms with Gasteiger partial charge in [-0.15, -0.1) is 0 Å². The van der Waals surface area contributed by atoms with Crippen molar-refractivity contribution in [3.05, 3.63) is 64.7 Å². The van der Waals surface area contributed by atoms with E-state index < -0.39 is 23.2 Å². The van der Waals surface area contributed by atoms with E-state index in [1.54, 1.807) is 12.1 Å². The molecule has 33 heavy (non-hydrogen) atoms. The number of ether oxygens (including phenoxy) is 1. The number of carbonyl (C=O) groups is 1. The number of halogens is 2. The fourth-order valence-electron chi connectivity index (χ4n) is 4.93. The van der Waals surface area contributed by atoms with E-state index in [0.29, 0.717) is 11.5 Å². The molecule has 0 spiro atoms. The maximum atomic E-state index is 13.7. The molecule has 0 aromatic heterocycles. The molecule has 2 aromatic carbocycles. The Bertz CT molecular complexity index is 949. The molecule has 176 valence electrons. The lowest BCUT2D eigenvalue weighted by atomic mass is 9.73. The first kappa shape index (κ1) is 24.9. The predicted octanol–water partition coefficient (Wildman–Crippen LogP) is 7.62. The van der Waals surface area contributed by atoms with E-state index in [0.717, 1.165) is 30.4 Å². The third-order valence-electron chi connectivity index (χ3n) is 7.00. The Hall–Kier alpha value is -2.74. The number of hydrogen-bond donors (Lipinski definition) is 0. The fourth-order valence-corrected chi connectivity index (χ4v) is 4.93. The summed E-state index contributed by atoms with van der Waals surface area (Å²) in [5.74, 6) is -0.832. The first-order chi connectivity index (χ1) is 15.9. The summed E-state index contributed by atoms with van der Waals surface area (Å²) in [5.41, 5.74) is 0.780. The number of esters is 1. The number of carbonyl (C=O) groups excluding carboxylic acids is 1. The van der Waals surface area contributed by atoms with Crippen LogP contribution in [0.1, 0.15) is 86.7 Å². The van der Waals surface area contributed by atoms with Crippen molar-refractivity contribution in [1.82, 2.24) is 0 Å². The summed E-state index contributed by atoms with van der Waals surface area (Å²) in [6.07, 6.45) is 11.7. The molecule has 1 fully saturated rings. The average Bonchev–Trinajstić information content (AvgIpc) is 2.80. The van der Waals surface area contributed by atoms with E-state index in [-0.39, 0.29) is 5.75 Å². The van der Waals surface area contributed by atoms with Crippen LogP contribution in [0, 0.1) is 40.7 Å². The van der Waals surface area contributed by atoms with Crippen LogP contribution in [0.25, 0.3) is 0 Å². The Kier molecular flexibility index (Phi) is 9.00. The zero-order valence-corrected chi connectivity index (χ0v) is 19.6. The van der Waals surface area contributed by atoms with Crippen LogP contribution >= 0.6 is 0 Å². The highest BCUT2D eigenvalue weighted by molar-refractivity contribution is 5.91. The second-order valence-corrected chi connectivity index (χ2v) is 9.42. The van der Waals surface area contributed by atoms with Crippen LogP contribution in [-0.4, -0.2) is 5.97 Å². The molecule has 0 heterocycles. The van der Waals surface area contributed by atoms with E-state index in [9.17, 15) is 13.6 Å². The van der Waals surface area contributed by atoms with Crippen LogP contribution in [0.5, 0.6) is 5.75 Å². The molecule has 0 amide bonds. The number of nitriles is 1. The number of unbranched alkanes of at least 4 members (excludes halogenated alkanes) is 2. The lowest BCUT2D eigenvalue weighted by molar-refractivity contribution is 0.0734. The molecule has 3 rings (SSSR count). The van der Waals surface area contributed by atoms with E-state index in [2.05, 4.69) is 13.8 Å². The largest absolute Gasteiger partial charge is 0.423 e. The summed E-state index contributed by atoms with van der Waals surface area (Å²) in [6, 6.07) is 10.3. The summed E-state index contributed by atoms with van der Waals surface area (Å²) in [4.78, 5) is 12.4. The van der Waals surface area contributed by atoms with Crippen LogP contribution in [0.3, 0.4) is 0 Å². The van der Waals surface area contributed by atoms with Crippen LogP contribution in [0.2, 0.25) is 0 Å². The Morgan fingerprint density at radius 3 is 2.30 bits per heavy atom. The number of nitrogens with zero attached hydrogens (tertiary/aromatic N) is 1. The summed E-state index contributed by atoms with van der Waals surface area (Å²) in [5, 5.41) is 8.74. The molecule has 0 aliphatic heterocycles. The van der Waals surface area contributed by atoms with Gasteiger partial charge in [-0.3, -0.25) is 0 Å². The fraction of sp³-hybridized carbons (Fsp3) is 0.500. The highest BCUT2D eigenvalue weighted by Crippen LogP contribution is 2.37. The van der Waals surface area contributed by atoms with E-state index >= 15 is 0 Å². The van der Waals surface area contributed by atoms with Gasteiger partial charge in [0, 0.05) is 12.1 Å². The molecule has 0 N–H and O–H groups in total. The van der Waals surface area contributed by atoms with Crippen molar-refractivity contribution < 1.29 is 18.3 Å². The van der Waals surface area contributed by atoms with Gasteiger partial charge in [0.1, 0.15) is 29.0 Å². The third-order valence-corrected chi connectivity index (χ3v) is 7.00. The summed E-state index contributed by atoms with van der Waals surface area (Å²) in [6.45, 7) is 4.57. The molecule has 1 aliphatic carbocycles. The molecular formula is C28H33F2NO2. The zero-order chi connectivity index (χ0) is 23.8. The van der Waals surface area contributed by atoms with Gasteiger partial charge in [0.2, 0.25) is 0 Å². The molecule has 1 atom stereocenters. The monoisotopic (exact) mass is 453 g/mol. The SMILES string of the molecule is CCCCCC1CCC(C(C)Cc2ccc(C(=O)Oc3cc(F)c(C#N)c(F)c3)cc2)CC1. The topological polar surface area (TPSA) is 50.1 Å². The molecule has 0 bridgehead atoms. The molecule has 0 radical (unpaired) electrons. The van der Waals surface area contributed by atoms with Crippen LogP contribution in [0.4, 0.5) is 8.78 Å². The van der Waals surface area contributed by atoms with Crippen molar-refractivity contribution in [2.45, 2.75) is 71.6 Å². The average molecular weight is 454 g/mol. The molecule has 1 saturated carbocycles. The second kappa shape index (κ2) is 11.9. The van der Waals surface area contributed by atoms with Crippen molar-refractivity contribution in [2.75, 3.05) is 0 Å². The lowest BCUT2D eigenvalue weighted by Crippen LogP contribution is -2.21. The van der Waals surface area contributed by atoms with Crippen molar-refractivity contribution in [3.8, 4) is 11.8 Å². The standard InChI is InChI=1S/C28H33F2NO2/c1-3-4-5-6-20-7-11-22(12-8-20)19(2)15-21-9-13-23(14-10-21)28(32)33-24-16-26(29)25(18-31)27(30)17-24/h9-10,13-14,16-17,19-20,22H,3-8,11-12,15H2,1-2H3. The van der Waals surface area contributed by atoms with Gasteiger partial charge >= 0.3 is 5.97 Å². The van der Waals surface area contributed by atoms with E-state index in [4.69, 9.17) is 10.00 Å². The first-order valence-electron chi connectivity index (χ1n) is 12.1. The molecule has 5 heteroatoms. The zero-order valence-electron chi connectivity index (χ0n) is 19.6. The molecule has 1 aliphatic rings. The lowest BCUT2D eigenvalue weighted by Gasteiger charge is -2.32. The van der Waals surface area contributed by atoms with Gasteiger partial charge in [-0.25, -0.2) is 13.6 Å². The Balaban J connectivity index is 1.51. The van der Waals surface area contributed by atoms with Crippen molar-refractivity contribution >= 4 is 5.97 Å². The Labute approximate surface area is 195 Å². The Morgan fingerprint density at radius 2 is 1.73 bits per heavy atom. The van der Waals surface area contributed by atoms with Gasteiger partial charge in [-0.1, -0.05) is 64.5 Å². The van der Waals surface area contributed by atoms with Crippen LogP contribution in [-0.2, 0) is 6.42 Å². The van der Waals surface area contributed by atoms with Gasteiger partial charge in [0.25, 0.3) is 0 Å². The van der Waals surface area contributed by atoms with Gasteiger partial charge < -0.3 is 4.74 Å². The molecular weight excluding hydrogens is 420 g/mol. The highest BCUT2D eigenvalue weighted by atomic mass is 19.1. The summed E-state index contributed by atoms with van der Waals surface area (Å²) >= 11 is 0. The predicted molar refractivity (Wildman–Crippen MR) is 125 cm³/mol. The van der Waals surface area contributed by atoms with Crippen molar-refractivity contribution in [1.29, 1.82) is 5.26 Å². The van der Waals surface area contributed by atoms with E-state index in [1.807, 2.05) is 12.1 Å². The normalized spacial score (nSPS) is 19.0. The van der Waals surface area contributed by atoms with Gasteiger partial charge in [0.05, 0.1) is 5.56 Å². The number of hydrogen-bond acceptors (Lipinski definition) is 3. The van der Waals surface area contributed by atoms with Crippen molar-refractivity contribution in [3.63, 3.8) is 0 Å². The van der Waals surface area contributed by atoms with Crippen molar-refractivity contribution in [2.24, 2.45) is 17.8 Å². The maximum Gasteiger partial charge on any atom is 0.343 e. The number of benzene rings is 2. The molecule has 3 nitrogen and oxygen atoms in total.